The van der Waals surface area contributed by atoms with E-state index in [1.807, 2.05) is 6.92 Å². The number of carboxylic acids is 1. The van der Waals surface area contributed by atoms with Gasteiger partial charge in [-0.15, -0.1) is 0 Å². The van der Waals surface area contributed by atoms with Gasteiger partial charge in [0, 0.05) is 12.1 Å². The number of aliphatic carboxylic acids is 1. The summed E-state index contributed by atoms with van der Waals surface area (Å²) < 4.78 is 5.12. The maximum Gasteiger partial charge on any atom is 0.323 e. The van der Waals surface area contributed by atoms with Crippen molar-refractivity contribution in [2.45, 2.75) is 39.7 Å². The van der Waals surface area contributed by atoms with Crippen molar-refractivity contribution < 1.29 is 19.4 Å². The summed E-state index contributed by atoms with van der Waals surface area (Å²) in [5.74, 6) is -1.30. The van der Waals surface area contributed by atoms with Crippen LogP contribution in [0.15, 0.2) is 0 Å². The Bertz CT molecular complexity index is 245. The molecule has 0 saturated carbocycles. The molecule has 0 spiro atoms. The Morgan fingerprint density at radius 3 is 2.25 bits per heavy atom. The average Bonchev–Trinajstić information content (AvgIpc) is 2.12. The first-order valence-corrected chi connectivity index (χ1v) is 5.39. The van der Waals surface area contributed by atoms with Gasteiger partial charge in [0.1, 0.15) is 13.2 Å². The van der Waals surface area contributed by atoms with Gasteiger partial charge in [0.15, 0.2) is 0 Å². The highest BCUT2D eigenvalue weighted by Crippen LogP contribution is 2.13. The fourth-order valence-corrected chi connectivity index (χ4v) is 1.22. The van der Waals surface area contributed by atoms with Crippen molar-refractivity contribution in [1.82, 2.24) is 4.90 Å². The second kappa shape index (κ2) is 6.48. The first kappa shape index (κ1) is 14.9. The summed E-state index contributed by atoms with van der Waals surface area (Å²) in [4.78, 5) is 23.7. The molecule has 0 heterocycles. The average molecular weight is 231 g/mol. The fraction of sp³-hybridized carbons (Fsp3) is 0.818. The highest BCUT2D eigenvalue weighted by molar-refractivity contribution is 5.82. The predicted octanol–water partition coefficient (Wildman–Crippen LogP) is 1.12. The summed E-state index contributed by atoms with van der Waals surface area (Å²) in [6, 6.07) is 0. The second-order valence-corrected chi connectivity index (χ2v) is 4.60. The van der Waals surface area contributed by atoms with E-state index in [4.69, 9.17) is 9.84 Å². The zero-order valence-electron chi connectivity index (χ0n) is 10.4. The van der Waals surface area contributed by atoms with Crippen LogP contribution in [-0.4, -0.2) is 47.2 Å². The number of ether oxygens (including phenoxy) is 1. The standard InChI is InChI=1S/C11H21NO4/c1-5-6-16-8-9(13)12(7-10(14)15)11(2,3)4/h5-8H2,1-4H3,(H,14,15). The SMILES string of the molecule is CCCOCC(=O)N(CC(=O)O)C(C)(C)C. The number of nitrogens with zero attached hydrogens (tertiary/aromatic N) is 1. The molecule has 0 bridgehead atoms. The molecular formula is C11H21NO4. The largest absolute Gasteiger partial charge is 0.480 e. The zero-order chi connectivity index (χ0) is 12.8. The first-order chi connectivity index (χ1) is 7.29. The van der Waals surface area contributed by atoms with Crippen molar-refractivity contribution in [2.24, 2.45) is 0 Å². The minimum absolute atomic E-state index is 0.0572. The zero-order valence-corrected chi connectivity index (χ0v) is 10.4. The van der Waals surface area contributed by atoms with Crippen LogP contribution in [0.4, 0.5) is 0 Å². The summed E-state index contributed by atoms with van der Waals surface area (Å²) in [5.41, 5.74) is -0.509. The summed E-state index contributed by atoms with van der Waals surface area (Å²) >= 11 is 0. The summed E-state index contributed by atoms with van der Waals surface area (Å²) in [7, 11) is 0. The second-order valence-electron chi connectivity index (χ2n) is 4.60. The van der Waals surface area contributed by atoms with Crippen molar-refractivity contribution in [3.8, 4) is 0 Å². The van der Waals surface area contributed by atoms with E-state index >= 15 is 0 Å². The molecule has 5 heteroatoms. The predicted molar refractivity (Wildman–Crippen MR) is 60.2 cm³/mol. The third-order valence-electron chi connectivity index (χ3n) is 1.98. The van der Waals surface area contributed by atoms with Gasteiger partial charge in [0.25, 0.3) is 0 Å². The van der Waals surface area contributed by atoms with E-state index in [1.165, 1.54) is 4.90 Å². The molecule has 0 aliphatic rings. The first-order valence-electron chi connectivity index (χ1n) is 5.39. The molecule has 0 aromatic carbocycles. The van der Waals surface area contributed by atoms with Gasteiger partial charge < -0.3 is 14.7 Å². The number of amides is 1. The van der Waals surface area contributed by atoms with Crippen molar-refractivity contribution in [3.63, 3.8) is 0 Å². The molecule has 0 radical (unpaired) electrons. The van der Waals surface area contributed by atoms with Gasteiger partial charge in [-0.3, -0.25) is 9.59 Å². The molecule has 5 nitrogen and oxygen atoms in total. The number of rotatable bonds is 6. The third-order valence-corrected chi connectivity index (χ3v) is 1.98. The molecule has 0 unspecified atom stereocenters. The molecule has 0 aliphatic heterocycles. The molecule has 16 heavy (non-hydrogen) atoms. The Hall–Kier alpha value is -1.10. The van der Waals surface area contributed by atoms with Crippen LogP contribution in [0.1, 0.15) is 34.1 Å². The summed E-state index contributed by atoms with van der Waals surface area (Å²) in [5, 5.41) is 8.73. The van der Waals surface area contributed by atoms with Crippen LogP contribution in [0.25, 0.3) is 0 Å². The van der Waals surface area contributed by atoms with Crippen LogP contribution in [0.5, 0.6) is 0 Å². The number of carbonyl (C=O) groups excluding carboxylic acids is 1. The molecule has 1 amide bonds. The van der Waals surface area contributed by atoms with E-state index in [0.29, 0.717) is 6.61 Å². The van der Waals surface area contributed by atoms with E-state index in [0.717, 1.165) is 6.42 Å². The van der Waals surface area contributed by atoms with Gasteiger partial charge in [0.2, 0.25) is 5.91 Å². The number of carbonyl (C=O) groups is 2. The van der Waals surface area contributed by atoms with Gasteiger partial charge in [-0.25, -0.2) is 0 Å². The lowest BCUT2D eigenvalue weighted by molar-refractivity contribution is -0.150. The van der Waals surface area contributed by atoms with Gasteiger partial charge in [-0.05, 0) is 27.2 Å². The Kier molecular flexibility index (Phi) is 6.03. The highest BCUT2D eigenvalue weighted by Gasteiger charge is 2.28. The minimum Gasteiger partial charge on any atom is -0.480 e. The molecule has 94 valence electrons. The van der Waals surface area contributed by atoms with Gasteiger partial charge in [-0.2, -0.15) is 0 Å². The van der Waals surface area contributed by atoms with E-state index in [9.17, 15) is 9.59 Å². The maximum absolute atomic E-state index is 11.7. The van der Waals surface area contributed by atoms with Crippen LogP contribution in [0.3, 0.4) is 0 Å². The number of hydrogen-bond donors (Lipinski definition) is 1. The molecular weight excluding hydrogens is 210 g/mol. The summed E-state index contributed by atoms with van der Waals surface area (Å²) in [6.45, 7) is 7.51. The molecule has 0 rings (SSSR count). The van der Waals surface area contributed by atoms with Crippen molar-refractivity contribution in [3.05, 3.63) is 0 Å². The normalized spacial score (nSPS) is 11.2. The third kappa shape index (κ3) is 5.70. The lowest BCUT2D eigenvalue weighted by Gasteiger charge is -2.34. The molecule has 0 aromatic rings. The Balaban J connectivity index is 4.39. The molecule has 0 fully saturated rings. The van der Waals surface area contributed by atoms with E-state index in [1.54, 1.807) is 20.8 Å². The van der Waals surface area contributed by atoms with E-state index in [-0.39, 0.29) is 19.1 Å². The summed E-state index contributed by atoms with van der Waals surface area (Å²) in [6.07, 6.45) is 0.835. The fourth-order valence-electron chi connectivity index (χ4n) is 1.22. The molecule has 0 saturated heterocycles. The molecule has 0 aromatic heterocycles. The monoisotopic (exact) mass is 231 g/mol. The minimum atomic E-state index is -1.02. The number of carboxylic acid groups (broad SMARTS) is 1. The van der Waals surface area contributed by atoms with Crippen LogP contribution in [0, 0.1) is 0 Å². The molecule has 1 N–H and O–H groups in total. The smallest absolute Gasteiger partial charge is 0.323 e. The van der Waals surface area contributed by atoms with E-state index in [2.05, 4.69) is 0 Å². The Morgan fingerprint density at radius 2 is 1.88 bits per heavy atom. The van der Waals surface area contributed by atoms with E-state index < -0.39 is 11.5 Å². The van der Waals surface area contributed by atoms with Crippen molar-refractivity contribution in [2.75, 3.05) is 19.8 Å². The topological polar surface area (TPSA) is 66.8 Å². The molecule has 0 atom stereocenters. The van der Waals surface area contributed by atoms with Crippen molar-refractivity contribution in [1.29, 1.82) is 0 Å². The van der Waals surface area contributed by atoms with Gasteiger partial charge in [0.05, 0.1) is 0 Å². The lowest BCUT2D eigenvalue weighted by Crippen LogP contribution is -2.49. The quantitative estimate of drug-likeness (QED) is 0.696. The highest BCUT2D eigenvalue weighted by atomic mass is 16.5. The Labute approximate surface area is 96.4 Å². The van der Waals surface area contributed by atoms with Gasteiger partial charge in [-0.1, -0.05) is 6.92 Å². The maximum atomic E-state index is 11.7. The molecule has 0 aliphatic carbocycles. The van der Waals surface area contributed by atoms with Crippen LogP contribution in [-0.2, 0) is 14.3 Å². The van der Waals surface area contributed by atoms with Crippen LogP contribution < -0.4 is 0 Å². The Morgan fingerprint density at radius 1 is 1.31 bits per heavy atom. The number of hydrogen-bond acceptors (Lipinski definition) is 3. The lowest BCUT2D eigenvalue weighted by atomic mass is 10.1. The van der Waals surface area contributed by atoms with Crippen LogP contribution >= 0.6 is 0 Å². The van der Waals surface area contributed by atoms with Gasteiger partial charge >= 0.3 is 5.97 Å². The van der Waals surface area contributed by atoms with Crippen LogP contribution in [0.2, 0.25) is 0 Å². The van der Waals surface area contributed by atoms with Crippen molar-refractivity contribution >= 4 is 11.9 Å².